The van der Waals surface area contributed by atoms with Crippen LogP contribution in [-0.2, 0) is 4.74 Å². The van der Waals surface area contributed by atoms with E-state index in [1.54, 1.807) is 13.0 Å². The maximum atomic E-state index is 13.3. The van der Waals surface area contributed by atoms with Crippen molar-refractivity contribution in [1.82, 2.24) is 0 Å². The quantitative estimate of drug-likeness (QED) is 0.148. The average Bonchev–Trinajstić information content (AvgIpc) is 2.73. The van der Waals surface area contributed by atoms with Gasteiger partial charge in [-0.05, 0) is 70.5 Å². The second-order valence-corrected chi connectivity index (χ2v) is 6.73. The molecule has 0 heterocycles. The Balaban J connectivity index is -0.00000177. The normalized spacial score (nSPS) is 14.8. The molecule has 0 aromatic rings. The molecule has 3 nitrogen and oxygen atoms in total. The van der Waals surface area contributed by atoms with Gasteiger partial charge in [-0.1, -0.05) is 39.2 Å². The van der Waals surface area contributed by atoms with Gasteiger partial charge in [-0.3, -0.25) is 0 Å². The number of rotatable bonds is 9. The second kappa shape index (κ2) is 17.0. The van der Waals surface area contributed by atoms with Crippen molar-refractivity contribution in [3.05, 3.63) is 84.4 Å². The maximum Gasteiger partial charge on any atom is 0.415 e. The molecule has 0 spiro atoms. The van der Waals surface area contributed by atoms with Crippen LogP contribution in [0.2, 0.25) is 0 Å². The van der Waals surface area contributed by atoms with Crippen LogP contribution in [0.3, 0.4) is 0 Å². The maximum absolute atomic E-state index is 13.3. The van der Waals surface area contributed by atoms with E-state index < -0.39 is 29.1 Å². The Labute approximate surface area is 199 Å². The van der Waals surface area contributed by atoms with Gasteiger partial charge >= 0.3 is 12.4 Å². The zero-order chi connectivity index (χ0) is 27.8. The van der Waals surface area contributed by atoms with E-state index in [-0.39, 0.29) is 29.9 Å². The smallest absolute Gasteiger partial charge is 0.415 e. The van der Waals surface area contributed by atoms with Crippen molar-refractivity contribution >= 4 is 0 Å². The van der Waals surface area contributed by atoms with E-state index >= 15 is 0 Å². The molecule has 0 saturated carbocycles. The molecule has 196 valence electrons. The lowest BCUT2D eigenvalue weighted by atomic mass is 9.87. The average molecular weight is 498 g/mol. The molecule has 0 aromatic heterocycles. The van der Waals surface area contributed by atoms with Gasteiger partial charge in [0.1, 0.15) is 11.5 Å². The number of alkyl halides is 6. The van der Waals surface area contributed by atoms with Crippen molar-refractivity contribution in [2.45, 2.75) is 65.4 Å². The lowest BCUT2D eigenvalue weighted by Crippen LogP contribution is -2.29. The predicted octanol–water partition coefficient (Wildman–Crippen LogP) is 7.85. The lowest BCUT2D eigenvalue weighted by molar-refractivity contribution is -0.0963. The summed E-state index contributed by atoms with van der Waals surface area (Å²) in [5.41, 5.74) is 0.443. The summed E-state index contributed by atoms with van der Waals surface area (Å²) in [6.07, 6.45) is -2.54. The van der Waals surface area contributed by atoms with E-state index in [1.807, 2.05) is 6.92 Å². The number of hydrogen-bond acceptors (Lipinski definition) is 3. The number of nitrogens with two attached hydrogens (primary N) is 1. The Bertz CT molecular complexity index is 767. The first-order chi connectivity index (χ1) is 15.5. The van der Waals surface area contributed by atoms with Gasteiger partial charge in [0.05, 0.1) is 5.60 Å². The minimum Gasteiger partial charge on any atom is -0.458 e. The molecule has 34 heavy (non-hydrogen) atoms. The van der Waals surface area contributed by atoms with Crippen LogP contribution in [0.4, 0.5) is 26.3 Å². The summed E-state index contributed by atoms with van der Waals surface area (Å²) in [6.45, 7) is 17.3. The zero-order valence-corrected chi connectivity index (χ0v) is 20.7. The van der Waals surface area contributed by atoms with Crippen LogP contribution in [0.15, 0.2) is 84.4 Å². The van der Waals surface area contributed by atoms with Gasteiger partial charge in [0.25, 0.3) is 0 Å². The van der Waals surface area contributed by atoms with Gasteiger partial charge in [-0.2, -0.15) is 26.3 Å². The third-order valence-corrected chi connectivity index (χ3v) is 4.07. The van der Waals surface area contributed by atoms with Gasteiger partial charge in [0, 0.05) is 11.1 Å². The minimum absolute atomic E-state index is 0.00984. The molecule has 0 amide bonds. The van der Waals surface area contributed by atoms with Gasteiger partial charge in [0.2, 0.25) is 0 Å². The SMILES string of the molecule is C=C(/C=C\C(=C(/CC)C(F)(F)F)C(C)(O)CC)OC(/C=C\C(=C)C(F)(F)F)=C/C.C=CC.CN. The highest BCUT2D eigenvalue weighted by molar-refractivity contribution is 5.38. The highest BCUT2D eigenvalue weighted by atomic mass is 19.4. The molecule has 0 radical (unpaired) electrons. The molecule has 1 unspecified atom stereocenters. The van der Waals surface area contributed by atoms with Crippen molar-refractivity contribution in [1.29, 1.82) is 0 Å². The largest absolute Gasteiger partial charge is 0.458 e. The third-order valence-electron chi connectivity index (χ3n) is 4.07. The molecule has 0 aromatic carbocycles. The fourth-order valence-corrected chi connectivity index (χ4v) is 2.17. The zero-order valence-electron chi connectivity index (χ0n) is 20.7. The first-order valence-electron chi connectivity index (χ1n) is 10.3. The van der Waals surface area contributed by atoms with E-state index in [0.29, 0.717) is 6.08 Å². The molecule has 0 aliphatic carbocycles. The molecular formula is C25H37F6NO2. The monoisotopic (exact) mass is 497 g/mol. The van der Waals surface area contributed by atoms with Gasteiger partial charge < -0.3 is 15.6 Å². The van der Waals surface area contributed by atoms with Crippen molar-refractivity contribution in [2.24, 2.45) is 5.73 Å². The molecule has 0 aliphatic heterocycles. The van der Waals surface area contributed by atoms with E-state index in [9.17, 15) is 31.4 Å². The molecule has 3 N–H and O–H groups in total. The molecular weight excluding hydrogens is 460 g/mol. The summed E-state index contributed by atoms with van der Waals surface area (Å²) in [4.78, 5) is 0. The summed E-state index contributed by atoms with van der Waals surface area (Å²) in [7, 11) is 1.50. The number of allylic oxidation sites excluding steroid dienone is 7. The molecule has 9 heteroatoms. The van der Waals surface area contributed by atoms with Crippen LogP contribution in [0.25, 0.3) is 0 Å². The third kappa shape index (κ3) is 14.6. The highest BCUT2D eigenvalue weighted by Gasteiger charge is 2.38. The standard InChI is InChI=1S/C21H26F6O2.C3H6.CH5N/c1-7-16(12-10-14(4)20(22,23)24)29-15(5)11-13-18(19(6,28)9-3)17(8-2)21(25,26)27;1-3-2;1-2/h7,10-13,28H,4-5,8-9H2,1-3,6H3;3H,1H2,2H3;2H2,1H3/b12-10-,13-11-,16-7+,18-17-;;. The fraction of sp³-hybridized carbons (Fsp3) is 0.440. The van der Waals surface area contributed by atoms with Gasteiger partial charge in [0.15, 0.2) is 0 Å². The summed E-state index contributed by atoms with van der Waals surface area (Å²) < 4.78 is 82.6. The fourth-order valence-electron chi connectivity index (χ4n) is 2.17. The Morgan fingerprint density at radius 2 is 1.38 bits per heavy atom. The summed E-state index contributed by atoms with van der Waals surface area (Å²) >= 11 is 0. The molecule has 0 aliphatic rings. The number of halogens is 6. The van der Waals surface area contributed by atoms with Crippen molar-refractivity contribution in [3.63, 3.8) is 0 Å². The Kier molecular flexibility index (Phi) is 18.0. The van der Waals surface area contributed by atoms with Crippen LogP contribution in [0, 0.1) is 0 Å². The van der Waals surface area contributed by atoms with Crippen molar-refractivity contribution < 1.29 is 36.2 Å². The topological polar surface area (TPSA) is 55.5 Å². The number of ether oxygens (including phenoxy) is 1. The Morgan fingerprint density at radius 3 is 1.71 bits per heavy atom. The van der Waals surface area contributed by atoms with Crippen LogP contribution >= 0.6 is 0 Å². The molecule has 0 bridgehead atoms. The van der Waals surface area contributed by atoms with Crippen LogP contribution < -0.4 is 5.73 Å². The van der Waals surface area contributed by atoms with Crippen molar-refractivity contribution in [3.8, 4) is 0 Å². The van der Waals surface area contributed by atoms with E-state index in [0.717, 1.165) is 18.2 Å². The first-order valence-corrected chi connectivity index (χ1v) is 10.3. The van der Waals surface area contributed by atoms with Crippen LogP contribution in [-0.4, -0.2) is 30.1 Å². The lowest BCUT2D eigenvalue weighted by Gasteiger charge is -2.27. The molecule has 0 saturated heterocycles. The Morgan fingerprint density at radius 1 is 0.912 bits per heavy atom. The van der Waals surface area contributed by atoms with Gasteiger partial charge in [-0.25, -0.2) is 0 Å². The predicted molar refractivity (Wildman–Crippen MR) is 128 cm³/mol. The van der Waals surface area contributed by atoms with Gasteiger partial charge in [-0.15, -0.1) is 6.58 Å². The van der Waals surface area contributed by atoms with E-state index in [4.69, 9.17) is 4.74 Å². The summed E-state index contributed by atoms with van der Waals surface area (Å²) in [5, 5.41) is 10.4. The summed E-state index contributed by atoms with van der Waals surface area (Å²) in [6, 6.07) is 0. The highest BCUT2D eigenvalue weighted by Crippen LogP contribution is 2.36. The first kappa shape index (κ1) is 36.1. The number of aliphatic hydroxyl groups is 1. The molecule has 1 atom stereocenters. The molecule has 0 fully saturated rings. The Hall–Kier alpha value is -2.52. The second-order valence-electron chi connectivity index (χ2n) is 6.73. The van der Waals surface area contributed by atoms with Crippen molar-refractivity contribution in [2.75, 3.05) is 7.05 Å². The van der Waals surface area contributed by atoms with Crippen LogP contribution in [0.5, 0.6) is 0 Å². The van der Waals surface area contributed by atoms with E-state index in [1.165, 1.54) is 33.9 Å². The minimum atomic E-state index is -4.63. The number of hydrogen-bond donors (Lipinski definition) is 2. The summed E-state index contributed by atoms with van der Waals surface area (Å²) in [5.74, 6) is -0.133. The molecule has 0 rings (SSSR count). The van der Waals surface area contributed by atoms with Crippen LogP contribution in [0.1, 0.15) is 47.5 Å². The van der Waals surface area contributed by atoms with E-state index in [2.05, 4.69) is 25.5 Å².